The number of rotatable bonds is 2. The van der Waals surface area contributed by atoms with Crippen LogP contribution in [0.15, 0.2) is 22.0 Å². The molecule has 0 aliphatic rings. The van der Waals surface area contributed by atoms with Crippen LogP contribution in [0.2, 0.25) is 0 Å². The molecular weight excluding hydrogens is 216 g/mol. The van der Waals surface area contributed by atoms with Crippen LogP contribution in [-0.4, -0.2) is 19.2 Å². The van der Waals surface area contributed by atoms with E-state index in [1.165, 1.54) is 16.8 Å². The van der Waals surface area contributed by atoms with Crippen LogP contribution in [0.25, 0.3) is 0 Å². The molecule has 0 amide bonds. The van der Waals surface area contributed by atoms with Crippen molar-refractivity contribution < 1.29 is 8.42 Å². The van der Waals surface area contributed by atoms with Crippen LogP contribution >= 0.6 is 0 Å². The average Bonchev–Trinajstić information content (AvgIpc) is 2.00. The van der Waals surface area contributed by atoms with Gasteiger partial charge in [-0.3, -0.25) is 4.79 Å². The Balaban J connectivity index is 3.67. The first-order valence-electron chi connectivity index (χ1n) is 4.46. The van der Waals surface area contributed by atoms with E-state index >= 15 is 0 Å². The van der Waals surface area contributed by atoms with Crippen molar-refractivity contribution >= 4 is 15.5 Å². The van der Waals surface area contributed by atoms with Gasteiger partial charge in [0.1, 0.15) is 0 Å². The summed E-state index contributed by atoms with van der Waals surface area (Å²) < 4.78 is 24.1. The highest BCUT2D eigenvalue weighted by Gasteiger charge is 2.18. The molecule has 0 bridgehead atoms. The summed E-state index contributed by atoms with van der Waals surface area (Å²) in [6, 6.07) is 1.33. The molecule has 84 valence electrons. The number of hydrogen-bond donors (Lipinski definition) is 1. The minimum absolute atomic E-state index is 0.000556. The molecule has 1 heterocycles. The van der Waals surface area contributed by atoms with Crippen LogP contribution in [0.3, 0.4) is 0 Å². The Morgan fingerprint density at radius 2 is 1.93 bits per heavy atom. The Morgan fingerprint density at radius 1 is 1.40 bits per heavy atom. The monoisotopic (exact) mass is 230 g/mol. The summed E-state index contributed by atoms with van der Waals surface area (Å²) in [4.78, 5) is 11.5. The molecule has 0 saturated carbocycles. The van der Waals surface area contributed by atoms with Crippen LogP contribution < -0.4 is 11.3 Å². The Kier molecular flexibility index (Phi) is 2.90. The molecular formula is C9H14N2O3S. The van der Waals surface area contributed by atoms with Crippen LogP contribution in [0, 0.1) is 0 Å². The molecule has 1 rings (SSSR count). The van der Waals surface area contributed by atoms with E-state index in [0.717, 1.165) is 6.26 Å². The van der Waals surface area contributed by atoms with Crippen molar-refractivity contribution in [3.05, 3.63) is 22.6 Å². The van der Waals surface area contributed by atoms with E-state index in [4.69, 9.17) is 5.73 Å². The van der Waals surface area contributed by atoms with Crippen molar-refractivity contribution in [2.75, 3.05) is 12.0 Å². The van der Waals surface area contributed by atoms with Gasteiger partial charge in [-0.25, -0.2) is 8.42 Å². The molecule has 0 aromatic carbocycles. The van der Waals surface area contributed by atoms with Gasteiger partial charge in [-0.2, -0.15) is 0 Å². The summed E-state index contributed by atoms with van der Waals surface area (Å²) in [7, 11) is -3.58. The largest absolute Gasteiger partial charge is 0.397 e. The van der Waals surface area contributed by atoms with Gasteiger partial charge in [-0.1, -0.05) is 0 Å². The Labute approximate surface area is 88.4 Å². The van der Waals surface area contributed by atoms with Crippen molar-refractivity contribution in [2.24, 2.45) is 0 Å². The topological polar surface area (TPSA) is 82.2 Å². The third-order valence-corrected chi connectivity index (χ3v) is 3.18. The van der Waals surface area contributed by atoms with Crippen molar-refractivity contribution in [3.63, 3.8) is 0 Å². The lowest BCUT2D eigenvalue weighted by atomic mass is 10.3. The summed E-state index contributed by atoms with van der Waals surface area (Å²) in [5, 5.41) is 0. The minimum Gasteiger partial charge on any atom is -0.397 e. The number of nitrogens with two attached hydrogens (primary N) is 1. The normalized spacial score (nSPS) is 12.0. The summed E-state index contributed by atoms with van der Waals surface area (Å²) in [6.07, 6.45) is 2.47. The van der Waals surface area contributed by atoms with Crippen LogP contribution in [0.4, 0.5) is 5.69 Å². The summed E-state index contributed by atoms with van der Waals surface area (Å²) >= 11 is 0. The lowest BCUT2D eigenvalue weighted by molar-refractivity contribution is 0.562. The van der Waals surface area contributed by atoms with Gasteiger partial charge in [0.05, 0.1) is 5.69 Å². The molecule has 5 nitrogen and oxygen atoms in total. The van der Waals surface area contributed by atoms with Crippen molar-refractivity contribution in [1.82, 2.24) is 4.57 Å². The standard InChI is InChI=1S/C9H14N2O3S/c1-6(2)11-5-4-7(10)8(9(11)12)15(3,13)14/h4-6H,10H2,1-3H3. The second-order valence-corrected chi connectivity index (χ2v) is 5.63. The zero-order chi connectivity index (χ0) is 11.8. The van der Waals surface area contributed by atoms with Crippen LogP contribution in [0.1, 0.15) is 19.9 Å². The van der Waals surface area contributed by atoms with Gasteiger partial charge in [0.25, 0.3) is 5.56 Å². The van der Waals surface area contributed by atoms with E-state index in [9.17, 15) is 13.2 Å². The lowest BCUT2D eigenvalue weighted by Gasteiger charge is -2.12. The zero-order valence-corrected chi connectivity index (χ0v) is 9.71. The Morgan fingerprint density at radius 3 is 2.33 bits per heavy atom. The first kappa shape index (κ1) is 11.8. The highest BCUT2D eigenvalue weighted by Crippen LogP contribution is 2.13. The van der Waals surface area contributed by atoms with Crippen LogP contribution in [0.5, 0.6) is 0 Å². The molecule has 0 saturated heterocycles. The summed E-state index contributed by atoms with van der Waals surface area (Å²) in [5.74, 6) is 0. The van der Waals surface area contributed by atoms with E-state index in [1.807, 2.05) is 0 Å². The molecule has 0 unspecified atom stereocenters. The first-order valence-corrected chi connectivity index (χ1v) is 6.35. The van der Waals surface area contributed by atoms with E-state index in [2.05, 4.69) is 0 Å². The van der Waals surface area contributed by atoms with E-state index in [0.29, 0.717) is 0 Å². The van der Waals surface area contributed by atoms with Gasteiger partial charge in [-0.05, 0) is 19.9 Å². The number of nitrogens with zero attached hydrogens (tertiary/aromatic N) is 1. The van der Waals surface area contributed by atoms with E-state index < -0.39 is 15.4 Å². The molecule has 15 heavy (non-hydrogen) atoms. The first-order chi connectivity index (χ1) is 6.75. The predicted molar refractivity (Wildman–Crippen MR) is 58.6 cm³/mol. The van der Waals surface area contributed by atoms with Crippen LogP contribution in [-0.2, 0) is 9.84 Å². The maximum absolute atomic E-state index is 11.8. The SMILES string of the molecule is CC(C)n1ccc(N)c(S(C)(=O)=O)c1=O. The number of aromatic nitrogens is 1. The summed E-state index contributed by atoms with van der Waals surface area (Å²) in [5.41, 5.74) is 4.92. The Bertz CT molecular complexity index is 529. The van der Waals surface area contributed by atoms with Gasteiger partial charge >= 0.3 is 0 Å². The number of sulfone groups is 1. The highest BCUT2D eigenvalue weighted by atomic mass is 32.2. The van der Waals surface area contributed by atoms with Crippen molar-refractivity contribution in [1.29, 1.82) is 0 Å². The quantitative estimate of drug-likeness (QED) is 0.798. The maximum Gasteiger partial charge on any atom is 0.271 e. The smallest absolute Gasteiger partial charge is 0.271 e. The molecule has 1 aromatic heterocycles. The van der Waals surface area contributed by atoms with Crippen molar-refractivity contribution in [3.8, 4) is 0 Å². The molecule has 1 aromatic rings. The second kappa shape index (κ2) is 3.69. The fourth-order valence-electron chi connectivity index (χ4n) is 1.32. The zero-order valence-electron chi connectivity index (χ0n) is 8.89. The Hall–Kier alpha value is -1.30. The lowest BCUT2D eigenvalue weighted by Crippen LogP contribution is -2.27. The van der Waals surface area contributed by atoms with Gasteiger partial charge in [0, 0.05) is 18.5 Å². The molecule has 6 heteroatoms. The molecule has 0 aliphatic heterocycles. The minimum atomic E-state index is -3.58. The third kappa shape index (κ3) is 2.20. The number of anilines is 1. The molecule has 0 aliphatic carbocycles. The third-order valence-electron chi connectivity index (χ3n) is 2.03. The molecule has 2 N–H and O–H groups in total. The molecule has 0 atom stereocenters. The van der Waals surface area contributed by atoms with Crippen molar-refractivity contribution in [2.45, 2.75) is 24.8 Å². The predicted octanol–water partition coefficient (Wildman–Crippen LogP) is 0.415. The number of hydrogen-bond acceptors (Lipinski definition) is 4. The van der Waals surface area contributed by atoms with Gasteiger partial charge in [0.15, 0.2) is 14.7 Å². The number of nitrogen functional groups attached to an aromatic ring is 1. The van der Waals surface area contributed by atoms with Gasteiger partial charge < -0.3 is 10.3 Å². The van der Waals surface area contributed by atoms with E-state index in [1.54, 1.807) is 13.8 Å². The second-order valence-electron chi connectivity index (χ2n) is 3.68. The fraction of sp³-hybridized carbons (Fsp3) is 0.444. The number of pyridine rings is 1. The van der Waals surface area contributed by atoms with E-state index in [-0.39, 0.29) is 16.6 Å². The molecule has 0 radical (unpaired) electrons. The fourth-order valence-corrected chi connectivity index (χ4v) is 2.24. The van der Waals surface area contributed by atoms with Gasteiger partial charge in [0.2, 0.25) is 0 Å². The average molecular weight is 230 g/mol. The maximum atomic E-state index is 11.8. The highest BCUT2D eigenvalue weighted by molar-refractivity contribution is 7.90. The molecule has 0 fully saturated rings. The molecule has 0 spiro atoms. The summed E-state index contributed by atoms with van der Waals surface area (Å²) in [6.45, 7) is 3.59. The van der Waals surface area contributed by atoms with Gasteiger partial charge in [-0.15, -0.1) is 0 Å².